The lowest BCUT2D eigenvalue weighted by Crippen LogP contribution is -2.46. The van der Waals surface area contributed by atoms with Gasteiger partial charge in [-0.05, 0) is 37.7 Å². The molecule has 7 heteroatoms. The number of rotatable bonds is 2. The van der Waals surface area contributed by atoms with Gasteiger partial charge in [-0.3, -0.25) is 4.90 Å². The zero-order chi connectivity index (χ0) is 16.3. The quantitative estimate of drug-likeness (QED) is 0.605. The average Bonchev–Trinajstić information content (AvgIpc) is 3.28. The molecule has 0 amide bonds. The van der Waals surface area contributed by atoms with Crippen molar-refractivity contribution in [3.8, 4) is 0 Å². The van der Waals surface area contributed by atoms with E-state index in [4.69, 9.17) is 21.1 Å². The molecule has 0 radical (unpaired) electrons. The fourth-order valence-electron chi connectivity index (χ4n) is 4.22. The molecule has 2 saturated heterocycles. The molecule has 24 heavy (non-hydrogen) atoms. The number of hydrogen-bond acceptors (Lipinski definition) is 6. The summed E-state index contributed by atoms with van der Waals surface area (Å²) >= 11 is 8.08. The van der Waals surface area contributed by atoms with E-state index in [0.717, 1.165) is 49.2 Å². The Morgan fingerprint density at radius 2 is 2.29 bits per heavy atom. The molecule has 0 N–H and O–H groups in total. The lowest BCUT2D eigenvalue weighted by Gasteiger charge is -2.32. The van der Waals surface area contributed by atoms with Gasteiger partial charge >= 0.3 is 0 Å². The van der Waals surface area contributed by atoms with Crippen LogP contribution in [0.15, 0.2) is 6.33 Å². The second-order valence-electron chi connectivity index (χ2n) is 7.00. The average molecular weight is 366 g/mol. The second-order valence-corrected chi connectivity index (χ2v) is 8.45. The topological polar surface area (TPSA) is 50.8 Å². The number of aryl methyl sites for hydroxylation is 1. The predicted molar refractivity (Wildman–Crippen MR) is 93.6 cm³/mol. The monoisotopic (exact) mass is 365 g/mol. The Morgan fingerprint density at radius 3 is 3.17 bits per heavy atom. The molecule has 3 aliphatic rings. The molecule has 2 aromatic rings. The van der Waals surface area contributed by atoms with Crippen LogP contribution in [0.2, 0.25) is 5.15 Å². The first-order valence-electron chi connectivity index (χ1n) is 8.62. The lowest BCUT2D eigenvalue weighted by atomic mass is 9.85. The van der Waals surface area contributed by atoms with Crippen LogP contribution in [-0.4, -0.2) is 53.0 Å². The van der Waals surface area contributed by atoms with Gasteiger partial charge in [-0.15, -0.1) is 11.3 Å². The van der Waals surface area contributed by atoms with Crippen LogP contribution in [0.4, 0.5) is 0 Å². The maximum absolute atomic E-state index is 6.30. The summed E-state index contributed by atoms with van der Waals surface area (Å²) in [5.41, 5.74) is 1.37. The van der Waals surface area contributed by atoms with Crippen LogP contribution in [0.5, 0.6) is 0 Å². The van der Waals surface area contributed by atoms with Gasteiger partial charge in [0.1, 0.15) is 28.6 Å². The number of nitrogens with zero attached hydrogens (tertiary/aromatic N) is 3. The highest BCUT2D eigenvalue weighted by atomic mass is 35.5. The third-order valence-corrected chi connectivity index (χ3v) is 7.00. The van der Waals surface area contributed by atoms with Crippen LogP contribution in [-0.2, 0) is 22.3 Å². The van der Waals surface area contributed by atoms with Gasteiger partial charge in [0, 0.05) is 17.5 Å². The zero-order valence-corrected chi connectivity index (χ0v) is 15.1. The molecule has 4 atom stereocenters. The van der Waals surface area contributed by atoms with E-state index in [1.165, 1.54) is 10.4 Å². The van der Waals surface area contributed by atoms with E-state index in [1.54, 1.807) is 17.7 Å². The Balaban J connectivity index is 1.35. The molecule has 1 aliphatic carbocycles. The molecule has 128 valence electrons. The predicted octanol–water partition coefficient (Wildman–Crippen LogP) is 2.90. The van der Waals surface area contributed by atoms with Crippen molar-refractivity contribution in [2.24, 2.45) is 5.92 Å². The Labute approximate surface area is 149 Å². The summed E-state index contributed by atoms with van der Waals surface area (Å²) in [5.74, 6) is 0.595. The van der Waals surface area contributed by atoms with Crippen molar-refractivity contribution >= 4 is 33.2 Å². The van der Waals surface area contributed by atoms with Gasteiger partial charge in [0.25, 0.3) is 0 Å². The lowest BCUT2D eigenvalue weighted by molar-refractivity contribution is -0.0217. The van der Waals surface area contributed by atoms with Crippen LogP contribution < -0.4 is 0 Å². The number of halogens is 1. The van der Waals surface area contributed by atoms with Crippen molar-refractivity contribution in [3.05, 3.63) is 21.9 Å². The van der Waals surface area contributed by atoms with E-state index in [0.29, 0.717) is 23.2 Å². The second kappa shape index (κ2) is 5.88. The number of ether oxygens (including phenoxy) is 2. The van der Waals surface area contributed by atoms with E-state index in [9.17, 15) is 0 Å². The molecule has 4 heterocycles. The molecule has 0 spiro atoms. The molecule has 5 rings (SSSR count). The van der Waals surface area contributed by atoms with E-state index >= 15 is 0 Å². The summed E-state index contributed by atoms with van der Waals surface area (Å²) in [5, 5.41) is 1.67. The minimum Gasteiger partial charge on any atom is -0.379 e. The molecule has 5 nitrogen and oxygen atoms in total. The highest BCUT2D eigenvalue weighted by Crippen LogP contribution is 2.45. The molecule has 0 bridgehead atoms. The zero-order valence-electron chi connectivity index (χ0n) is 13.6. The van der Waals surface area contributed by atoms with Gasteiger partial charge in [0.15, 0.2) is 0 Å². The summed E-state index contributed by atoms with van der Waals surface area (Å²) in [6.07, 6.45) is 5.50. The summed E-state index contributed by atoms with van der Waals surface area (Å²) < 4.78 is 11.6. The smallest absolute Gasteiger partial charge is 0.141 e. The van der Waals surface area contributed by atoms with Crippen LogP contribution in [0.1, 0.15) is 23.8 Å². The van der Waals surface area contributed by atoms with Crippen molar-refractivity contribution in [3.63, 3.8) is 0 Å². The number of epoxide rings is 1. The van der Waals surface area contributed by atoms with E-state index in [2.05, 4.69) is 21.8 Å². The maximum Gasteiger partial charge on any atom is 0.141 e. The fraction of sp³-hybridized carbons (Fsp3) is 0.647. The number of morpholine rings is 1. The van der Waals surface area contributed by atoms with Crippen molar-refractivity contribution in [2.45, 2.75) is 44.6 Å². The van der Waals surface area contributed by atoms with Gasteiger partial charge in [-0.25, -0.2) is 9.97 Å². The molecule has 0 saturated carbocycles. The summed E-state index contributed by atoms with van der Waals surface area (Å²) in [6, 6.07) is 0.450. The molecular weight excluding hydrogens is 346 g/mol. The standard InChI is InChI=1S/C17H20ClN3O2S/c1-9-7-22-5-4-21(9)17-14(23-17)10-2-3-11-12(6-10)24-16-13(11)15(18)19-8-20-16/h8-10,14,17H,2-7H2,1H3/t9-,10-,14?,17?/m0/s1. The highest BCUT2D eigenvalue weighted by Gasteiger charge is 2.50. The van der Waals surface area contributed by atoms with Crippen molar-refractivity contribution in [1.29, 1.82) is 0 Å². The summed E-state index contributed by atoms with van der Waals surface area (Å²) in [7, 11) is 0. The molecule has 2 unspecified atom stereocenters. The SMILES string of the molecule is C[C@H]1COCCN1C1OC1[C@H]1CCc2c(sc3ncnc(Cl)c23)C1. The minimum atomic E-state index is 0.285. The Hall–Kier alpha value is -0.790. The molecule has 2 fully saturated rings. The number of hydrogen-bond donors (Lipinski definition) is 0. The van der Waals surface area contributed by atoms with Crippen molar-refractivity contribution in [1.82, 2.24) is 14.9 Å². The van der Waals surface area contributed by atoms with Gasteiger partial charge in [-0.1, -0.05) is 11.6 Å². The number of fused-ring (bicyclic) bond motifs is 3. The van der Waals surface area contributed by atoms with Gasteiger partial charge < -0.3 is 9.47 Å². The largest absolute Gasteiger partial charge is 0.379 e. The summed E-state index contributed by atoms with van der Waals surface area (Å²) in [4.78, 5) is 13.5. The van der Waals surface area contributed by atoms with Crippen LogP contribution >= 0.6 is 22.9 Å². The van der Waals surface area contributed by atoms with Crippen LogP contribution in [0.25, 0.3) is 10.2 Å². The van der Waals surface area contributed by atoms with E-state index < -0.39 is 0 Å². The Morgan fingerprint density at radius 1 is 1.38 bits per heavy atom. The first kappa shape index (κ1) is 15.5. The first-order chi connectivity index (χ1) is 11.7. The third-order valence-electron chi connectivity index (χ3n) is 5.55. The maximum atomic E-state index is 6.30. The van der Waals surface area contributed by atoms with E-state index in [1.807, 2.05) is 0 Å². The van der Waals surface area contributed by atoms with Gasteiger partial charge in [0.05, 0.1) is 18.6 Å². The third kappa shape index (κ3) is 2.47. The van der Waals surface area contributed by atoms with Gasteiger partial charge in [0.2, 0.25) is 0 Å². The first-order valence-corrected chi connectivity index (χ1v) is 9.81. The Kier molecular flexibility index (Phi) is 3.79. The minimum absolute atomic E-state index is 0.285. The Bertz CT molecular complexity index is 783. The highest BCUT2D eigenvalue weighted by molar-refractivity contribution is 7.19. The van der Waals surface area contributed by atoms with Gasteiger partial charge in [-0.2, -0.15) is 0 Å². The van der Waals surface area contributed by atoms with E-state index in [-0.39, 0.29) is 6.23 Å². The summed E-state index contributed by atoms with van der Waals surface area (Å²) in [6.45, 7) is 4.84. The normalized spacial score (nSPS) is 33.6. The van der Waals surface area contributed by atoms with Crippen LogP contribution in [0, 0.1) is 5.92 Å². The van der Waals surface area contributed by atoms with Crippen molar-refractivity contribution < 1.29 is 9.47 Å². The molecule has 2 aliphatic heterocycles. The number of thiophene rings is 1. The molecular formula is C17H20ClN3O2S. The van der Waals surface area contributed by atoms with Crippen LogP contribution in [0.3, 0.4) is 0 Å². The molecule has 0 aromatic carbocycles. The molecule has 2 aromatic heterocycles. The number of aromatic nitrogens is 2. The fourth-order valence-corrected chi connectivity index (χ4v) is 5.81. The van der Waals surface area contributed by atoms with Crippen molar-refractivity contribution in [2.75, 3.05) is 19.8 Å².